The van der Waals surface area contributed by atoms with Crippen LogP contribution in [-0.2, 0) is 23.1 Å². The summed E-state index contributed by atoms with van der Waals surface area (Å²) < 4.78 is 74.3. The van der Waals surface area contributed by atoms with E-state index in [9.17, 15) is 31.5 Å². The standard InChI is InChI=1S/C25H24F5N7O3/c1-4-19(38)36-9-13(7-14(36)11-40-25(28,29)30)10-37-24(32-2)20(23(31)39)17(34-37)6-5-15-16(26)8-18-22(21(15)27)33-12-35(18)3/h4,8,12-14,32H,1,7,9-11H2,2-3H3,(H2,31,39)/t13-,14+/m0/s1. The molecule has 212 valence electrons. The molecule has 0 unspecified atom stereocenters. The average Bonchev–Trinajstić information content (AvgIpc) is 3.57. The lowest BCUT2D eigenvalue weighted by Crippen LogP contribution is -2.38. The van der Waals surface area contributed by atoms with E-state index in [0.29, 0.717) is 0 Å². The highest BCUT2D eigenvalue weighted by Gasteiger charge is 2.39. The highest BCUT2D eigenvalue weighted by molar-refractivity contribution is 6.00. The van der Waals surface area contributed by atoms with Crippen molar-refractivity contribution >= 4 is 28.7 Å². The summed E-state index contributed by atoms with van der Waals surface area (Å²) in [5.41, 5.74) is 4.78. The van der Waals surface area contributed by atoms with Gasteiger partial charge in [0.2, 0.25) is 5.91 Å². The molecular weight excluding hydrogens is 541 g/mol. The van der Waals surface area contributed by atoms with Crippen LogP contribution in [-0.4, -0.2) is 68.6 Å². The number of rotatable bonds is 7. The number of hydrogen-bond acceptors (Lipinski definition) is 6. The molecule has 40 heavy (non-hydrogen) atoms. The molecule has 1 aliphatic rings. The van der Waals surface area contributed by atoms with E-state index in [0.717, 1.165) is 12.1 Å². The minimum absolute atomic E-state index is 0.0458. The maximum Gasteiger partial charge on any atom is 0.522 e. The fourth-order valence-corrected chi connectivity index (χ4v) is 4.73. The molecule has 0 saturated carbocycles. The zero-order valence-electron chi connectivity index (χ0n) is 21.4. The number of imidazole rings is 1. The van der Waals surface area contributed by atoms with E-state index in [2.05, 4.69) is 38.6 Å². The van der Waals surface area contributed by atoms with Crippen LogP contribution in [0.15, 0.2) is 25.0 Å². The lowest BCUT2D eigenvalue weighted by Gasteiger charge is -2.23. The van der Waals surface area contributed by atoms with Crippen LogP contribution in [0, 0.1) is 29.4 Å². The number of carbonyl (C=O) groups is 2. The summed E-state index contributed by atoms with van der Waals surface area (Å²) in [7, 11) is 3.06. The number of benzene rings is 1. The summed E-state index contributed by atoms with van der Waals surface area (Å²) in [4.78, 5) is 29.7. The molecule has 1 aliphatic heterocycles. The van der Waals surface area contributed by atoms with Crippen LogP contribution < -0.4 is 11.1 Å². The van der Waals surface area contributed by atoms with Crippen molar-refractivity contribution in [3.63, 3.8) is 0 Å². The quantitative estimate of drug-likeness (QED) is 0.258. The Hall–Kier alpha value is -4.45. The van der Waals surface area contributed by atoms with E-state index in [1.165, 1.54) is 27.5 Å². The van der Waals surface area contributed by atoms with E-state index < -0.39 is 53.9 Å². The van der Waals surface area contributed by atoms with Gasteiger partial charge in [0, 0.05) is 33.3 Å². The van der Waals surface area contributed by atoms with Crippen LogP contribution in [0.1, 0.15) is 28.0 Å². The molecule has 0 radical (unpaired) electrons. The summed E-state index contributed by atoms with van der Waals surface area (Å²) in [5.74, 6) is 1.19. The van der Waals surface area contributed by atoms with Crippen LogP contribution in [0.4, 0.5) is 27.8 Å². The van der Waals surface area contributed by atoms with Gasteiger partial charge in [0.05, 0.1) is 30.1 Å². The number of aromatic nitrogens is 4. The first-order valence-electron chi connectivity index (χ1n) is 11.9. The zero-order valence-corrected chi connectivity index (χ0v) is 21.4. The Morgan fingerprint density at radius 1 is 1.32 bits per heavy atom. The van der Waals surface area contributed by atoms with E-state index in [-0.39, 0.29) is 47.6 Å². The first-order valence-corrected chi connectivity index (χ1v) is 11.9. The molecule has 1 aromatic carbocycles. The van der Waals surface area contributed by atoms with Gasteiger partial charge < -0.3 is 20.5 Å². The van der Waals surface area contributed by atoms with Crippen molar-refractivity contribution in [2.75, 3.05) is 25.5 Å². The summed E-state index contributed by atoms with van der Waals surface area (Å²) in [6, 6.07) is 0.199. The normalized spacial score (nSPS) is 17.1. The highest BCUT2D eigenvalue weighted by Crippen LogP contribution is 2.30. The number of likely N-dealkylation sites (tertiary alicyclic amines) is 1. The monoisotopic (exact) mass is 565 g/mol. The number of halogens is 5. The van der Waals surface area contributed by atoms with Crippen LogP contribution in [0.3, 0.4) is 0 Å². The van der Waals surface area contributed by atoms with Crippen molar-refractivity contribution < 1.29 is 36.3 Å². The summed E-state index contributed by atoms with van der Waals surface area (Å²) in [6.07, 6.45) is -2.42. The third-order valence-corrected chi connectivity index (χ3v) is 6.48. The van der Waals surface area contributed by atoms with Gasteiger partial charge in [0.1, 0.15) is 22.7 Å². The van der Waals surface area contributed by atoms with E-state index in [1.807, 2.05) is 0 Å². The van der Waals surface area contributed by atoms with Gasteiger partial charge in [-0.25, -0.2) is 18.4 Å². The SMILES string of the molecule is C=CC(=O)N1C[C@@H](Cn2nc(C#Cc3c(F)cc4c(ncn4C)c3F)c(C(N)=O)c2NC)C[C@@H]1COC(F)(F)F. The second kappa shape index (κ2) is 11.0. The molecule has 15 heteroatoms. The lowest BCUT2D eigenvalue weighted by atomic mass is 10.1. The van der Waals surface area contributed by atoms with Crippen molar-refractivity contribution in [3.05, 3.63) is 53.5 Å². The molecule has 1 saturated heterocycles. The molecule has 1 fully saturated rings. The van der Waals surface area contributed by atoms with Gasteiger partial charge in [0.25, 0.3) is 5.91 Å². The van der Waals surface area contributed by atoms with Crippen LogP contribution >= 0.6 is 0 Å². The maximum absolute atomic E-state index is 15.0. The molecule has 10 nitrogen and oxygen atoms in total. The van der Waals surface area contributed by atoms with Crippen LogP contribution in [0.2, 0.25) is 0 Å². The fourth-order valence-electron chi connectivity index (χ4n) is 4.73. The number of nitrogens with two attached hydrogens (primary N) is 1. The summed E-state index contributed by atoms with van der Waals surface area (Å²) in [6.45, 7) is 2.73. The third-order valence-electron chi connectivity index (χ3n) is 6.48. The lowest BCUT2D eigenvalue weighted by molar-refractivity contribution is -0.327. The number of nitrogens with one attached hydrogen (secondary N) is 1. The van der Waals surface area contributed by atoms with Gasteiger partial charge in [0.15, 0.2) is 11.5 Å². The van der Waals surface area contributed by atoms with Gasteiger partial charge in [-0.15, -0.1) is 13.2 Å². The second-order valence-corrected chi connectivity index (χ2v) is 9.10. The molecule has 3 heterocycles. The van der Waals surface area contributed by atoms with Gasteiger partial charge in [-0.1, -0.05) is 12.5 Å². The number of anilines is 1. The van der Waals surface area contributed by atoms with Gasteiger partial charge >= 0.3 is 6.36 Å². The Balaban J connectivity index is 1.66. The molecular formula is C25H24F5N7O3. The fraction of sp³-hybridized carbons (Fsp3) is 0.360. The predicted molar refractivity (Wildman–Crippen MR) is 133 cm³/mol. The first-order chi connectivity index (χ1) is 18.8. The first kappa shape index (κ1) is 28.6. The van der Waals surface area contributed by atoms with E-state index in [1.54, 1.807) is 7.05 Å². The third kappa shape index (κ3) is 5.62. The Morgan fingerprint density at radius 2 is 2.05 bits per heavy atom. The molecule has 3 aromatic rings. The number of ether oxygens (including phenoxy) is 1. The van der Waals surface area contributed by atoms with Crippen molar-refractivity contribution in [1.29, 1.82) is 0 Å². The molecule has 0 aliphatic carbocycles. The second-order valence-electron chi connectivity index (χ2n) is 9.10. The smallest absolute Gasteiger partial charge is 0.373 e. The van der Waals surface area contributed by atoms with Crippen molar-refractivity contribution in [2.45, 2.75) is 25.4 Å². The molecule has 0 bridgehead atoms. The van der Waals surface area contributed by atoms with E-state index in [4.69, 9.17) is 5.73 Å². The molecule has 2 atom stereocenters. The Morgan fingerprint density at radius 3 is 2.67 bits per heavy atom. The van der Waals surface area contributed by atoms with E-state index >= 15 is 0 Å². The van der Waals surface area contributed by atoms with Gasteiger partial charge in [-0.3, -0.25) is 14.3 Å². The largest absolute Gasteiger partial charge is 0.522 e. The number of nitrogens with zero attached hydrogens (tertiary/aromatic N) is 5. The predicted octanol–water partition coefficient (Wildman–Crippen LogP) is 2.53. The number of amides is 2. The van der Waals surface area contributed by atoms with Crippen molar-refractivity contribution in [2.24, 2.45) is 18.7 Å². The van der Waals surface area contributed by atoms with Crippen LogP contribution in [0.25, 0.3) is 11.0 Å². The molecule has 4 rings (SSSR count). The molecule has 0 spiro atoms. The Kier molecular flexibility index (Phi) is 7.83. The van der Waals surface area contributed by atoms with Gasteiger partial charge in [-0.2, -0.15) is 5.10 Å². The Bertz CT molecular complexity index is 1550. The van der Waals surface area contributed by atoms with Crippen molar-refractivity contribution in [3.8, 4) is 11.8 Å². The topological polar surface area (TPSA) is 120 Å². The number of primary amides is 1. The highest BCUT2D eigenvalue weighted by atomic mass is 19.4. The minimum Gasteiger partial charge on any atom is -0.373 e. The summed E-state index contributed by atoms with van der Waals surface area (Å²) in [5, 5.41) is 7.08. The Labute approximate surface area is 224 Å². The number of fused-ring (bicyclic) bond motifs is 1. The maximum atomic E-state index is 15.0. The average molecular weight is 566 g/mol. The number of alkyl halides is 3. The number of carbonyl (C=O) groups excluding carboxylic acids is 2. The number of hydrogen-bond donors (Lipinski definition) is 2. The number of aryl methyl sites for hydroxylation is 1. The zero-order chi connectivity index (χ0) is 29.4. The van der Waals surface area contributed by atoms with Gasteiger partial charge in [-0.05, 0) is 24.3 Å². The minimum atomic E-state index is -4.87. The van der Waals surface area contributed by atoms with Crippen LogP contribution in [0.5, 0.6) is 0 Å². The van der Waals surface area contributed by atoms with Crippen molar-refractivity contribution in [1.82, 2.24) is 24.2 Å². The molecule has 2 aromatic heterocycles. The molecule has 3 N–H and O–H groups in total. The summed E-state index contributed by atoms with van der Waals surface area (Å²) >= 11 is 0. The molecule has 2 amide bonds.